The Balaban J connectivity index is 2.32. The number of hydrogen-bond acceptors (Lipinski definition) is 2. The molecule has 3 nitrogen and oxygen atoms in total. The molecular formula is C14H9BrN2O. The Morgan fingerprint density at radius 3 is 2.56 bits per heavy atom. The molecule has 0 aliphatic carbocycles. The van der Waals surface area contributed by atoms with Crippen LogP contribution in [-0.2, 0) is 0 Å². The molecule has 0 saturated heterocycles. The van der Waals surface area contributed by atoms with Crippen LogP contribution in [0.4, 0.5) is 0 Å². The van der Waals surface area contributed by atoms with Crippen molar-refractivity contribution in [1.29, 1.82) is 5.26 Å². The molecule has 0 spiro atoms. The van der Waals surface area contributed by atoms with Crippen LogP contribution in [0, 0.1) is 11.3 Å². The molecule has 2 rings (SSSR count). The van der Waals surface area contributed by atoms with Gasteiger partial charge in [-0.3, -0.25) is 4.79 Å². The lowest BCUT2D eigenvalue weighted by Crippen LogP contribution is -2.01. The minimum absolute atomic E-state index is 0.111. The van der Waals surface area contributed by atoms with E-state index in [0.717, 1.165) is 10.2 Å². The van der Waals surface area contributed by atoms with Crippen LogP contribution < -0.4 is 0 Å². The standard InChI is InChI=1S/C14H9BrN2O/c15-12-5-3-10(4-6-12)14(18)11(9-16)8-13-2-1-7-17-13/h1-8,17H/b11-8-. The highest BCUT2D eigenvalue weighted by atomic mass is 79.9. The Morgan fingerprint density at radius 2 is 2.00 bits per heavy atom. The van der Waals surface area contributed by atoms with E-state index in [-0.39, 0.29) is 11.4 Å². The lowest BCUT2D eigenvalue weighted by Gasteiger charge is -1.99. The molecule has 1 heterocycles. The second-order valence-corrected chi connectivity index (χ2v) is 4.55. The minimum atomic E-state index is -0.278. The molecule has 0 aliphatic heterocycles. The van der Waals surface area contributed by atoms with Crippen molar-refractivity contribution in [3.8, 4) is 6.07 Å². The van der Waals surface area contributed by atoms with Gasteiger partial charge in [0.15, 0.2) is 0 Å². The summed E-state index contributed by atoms with van der Waals surface area (Å²) in [4.78, 5) is 15.0. The van der Waals surface area contributed by atoms with Gasteiger partial charge in [-0.1, -0.05) is 15.9 Å². The molecular weight excluding hydrogens is 292 g/mol. The Morgan fingerprint density at radius 1 is 1.28 bits per heavy atom. The second-order valence-electron chi connectivity index (χ2n) is 3.63. The van der Waals surface area contributed by atoms with Gasteiger partial charge in [0.25, 0.3) is 0 Å². The van der Waals surface area contributed by atoms with E-state index >= 15 is 0 Å². The number of benzene rings is 1. The van der Waals surface area contributed by atoms with Gasteiger partial charge in [0, 0.05) is 21.9 Å². The lowest BCUT2D eigenvalue weighted by molar-refractivity contribution is 0.104. The van der Waals surface area contributed by atoms with Crippen LogP contribution in [0.25, 0.3) is 6.08 Å². The van der Waals surface area contributed by atoms with E-state index in [1.54, 1.807) is 42.6 Å². The summed E-state index contributed by atoms with van der Waals surface area (Å²) in [6.07, 6.45) is 3.29. The number of aromatic nitrogens is 1. The van der Waals surface area contributed by atoms with E-state index < -0.39 is 0 Å². The van der Waals surface area contributed by atoms with Gasteiger partial charge in [0.1, 0.15) is 11.6 Å². The van der Waals surface area contributed by atoms with Crippen molar-refractivity contribution in [1.82, 2.24) is 4.98 Å². The van der Waals surface area contributed by atoms with Crippen molar-refractivity contribution in [2.24, 2.45) is 0 Å². The van der Waals surface area contributed by atoms with Crippen molar-refractivity contribution >= 4 is 27.8 Å². The molecule has 1 N–H and O–H groups in total. The van der Waals surface area contributed by atoms with Crippen LogP contribution in [0.1, 0.15) is 16.1 Å². The summed E-state index contributed by atoms with van der Waals surface area (Å²) >= 11 is 3.30. The molecule has 0 saturated carbocycles. The second kappa shape index (κ2) is 5.48. The number of ketones is 1. The van der Waals surface area contributed by atoms with Gasteiger partial charge >= 0.3 is 0 Å². The average Bonchev–Trinajstić information content (AvgIpc) is 2.89. The number of carbonyl (C=O) groups is 1. The highest BCUT2D eigenvalue weighted by molar-refractivity contribution is 9.10. The molecule has 0 atom stereocenters. The predicted molar refractivity (Wildman–Crippen MR) is 72.9 cm³/mol. The predicted octanol–water partition coefficient (Wildman–Crippen LogP) is 3.57. The smallest absolute Gasteiger partial charge is 0.203 e. The fraction of sp³-hybridized carbons (Fsp3) is 0. The molecule has 2 aromatic rings. The third kappa shape index (κ3) is 2.76. The number of hydrogen-bond donors (Lipinski definition) is 1. The van der Waals surface area contributed by atoms with Gasteiger partial charge in [-0.15, -0.1) is 0 Å². The van der Waals surface area contributed by atoms with Crippen molar-refractivity contribution in [2.75, 3.05) is 0 Å². The van der Waals surface area contributed by atoms with E-state index in [9.17, 15) is 4.79 Å². The quantitative estimate of drug-likeness (QED) is 0.535. The summed E-state index contributed by atoms with van der Waals surface area (Å²) < 4.78 is 0.894. The van der Waals surface area contributed by atoms with Gasteiger partial charge in [0.05, 0.1) is 0 Å². The normalized spacial score (nSPS) is 11.0. The lowest BCUT2D eigenvalue weighted by atomic mass is 10.0. The van der Waals surface area contributed by atoms with Gasteiger partial charge < -0.3 is 4.98 Å². The topological polar surface area (TPSA) is 56.6 Å². The first-order valence-electron chi connectivity index (χ1n) is 5.26. The number of rotatable bonds is 3. The zero-order valence-electron chi connectivity index (χ0n) is 9.35. The molecule has 4 heteroatoms. The summed E-state index contributed by atoms with van der Waals surface area (Å²) in [5.41, 5.74) is 1.34. The molecule has 1 aromatic carbocycles. The zero-order chi connectivity index (χ0) is 13.0. The average molecular weight is 301 g/mol. The fourth-order valence-corrected chi connectivity index (χ4v) is 1.76. The number of H-pyrrole nitrogens is 1. The van der Waals surface area contributed by atoms with Crippen LogP contribution >= 0.6 is 15.9 Å². The van der Waals surface area contributed by atoms with E-state index in [2.05, 4.69) is 20.9 Å². The van der Waals surface area contributed by atoms with Crippen LogP contribution in [0.2, 0.25) is 0 Å². The van der Waals surface area contributed by atoms with Crippen LogP contribution in [0.3, 0.4) is 0 Å². The first-order chi connectivity index (χ1) is 8.70. The molecule has 0 radical (unpaired) electrons. The van der Waals surface area contributed by atoms with Gasteiger partial charge in [0.2, 0.25) is 5.78 Å². The Labute approximate surface area is 113 Å². The maximum atomic E-state index is 12.1. The summed E-state index contributed by atoms with van der Waals surface area (Å²) in [7, 11) is 0. The van der Waals surface area contributed by atoms with E-state index in [1.165, 1.54) is 0 Å². The number of carbonyl (C=O) groups excluding carboxylic acids is 1. The summed E-state index contributed by atoms with van der Waals surface area (Å²) in [5, 5.41) is 9.05. The van der Waals surface area contributed by atoms with E-state index in [4.69, 9.17) is 5.26 Å². The van der Waals surface area contributed by atoms with Crippen LogP contribution in [0.15, 0.2) is 52.6 Å². The number of Topliss-reactive ketones (excluding diaryl/α,β-unsaturated/α-hetero) is 1. The first kappa shape index (κ1) is 12.3. The fourth-order valence-electron chi connectivity index (χ4n) is 1.49. The van der Waals surface area contributed by atoms with E-state index in [0.29, 0.717) is 5.56 Å². The molecule has 0 fully saturated rings. The largest absolute Gasteiger partial charge is 0.362 e. The van der Waals surface area contributed by atoms with Gasteiger partial charge in [-0.25, -0.2) is 0 Å². The van der Waals surface area contributed by atoms with Crippen LogP contribution in [-0.4, -0.2) is 10.8 Å². The summed E-state index contributed by atoms with van der Waals surface area (Å²) in [5.74, 6) is -0.278. The summed E-state index contributed by atoms with van der Waals surface area (Å²) in [6, 6.07) is 12.5. The third-order valence-corrected chi connectivity index (χ3v) is 2.92. The molecule has 0 bridgehead atoms. The number of aromatic amines is 1. The molecule has 0 unspecified atom stereocenters. The monoisotopic (exact) mass is 300 g/mol. The number of nitrogens with one attached hydrogen (secondary N) is 1. The van der Waals surface area contributed by atoms with Crippen LogP contribution in [0.5, 0.6) is 0 Å². The van der Waals surface area contributed by atoms with Crippen molar-refractivity contribution in [2.45, 2.75) is 0 Å². The Kier molecular flexibility index (Phi) is 3.75. The maximum Gasteiger partial charge on any atom is 0.203 e. The third-order valence-electron chi connectivity index (χ3n) is 2.39. The minimum Gasteiger partial charge on any atom is -0.362 e. The molecule has 1 aromatic heterocycles. The molecule has 0 aliphatic rings. The highest BCUT2D eigenvalue weighted by Crippen LogP contribution is 2.15. The van der Waals surface area contributed by atoms with Gasteiger partial charge in [-0.2, -0.15) is 5.26 Å². The van der Waals surface area contributed by atoms with Crippen molar-refractivity contribution in [3.05, 3.63) is 63.9 Å². The molecule has 0 amide bonds. The van der Waals surface area contributed by atoms with Gasteiger partial charge in [-0.05, 0) is 42.5 Å². The first-order valence-corrected chi connectivity index (χ1v) is 6.05. The maximum absolute atomic E-state index is 12.1. The number of allylic oxidation sites excluding steroid dienone is 1. The highest BCUT2D eigenvalue weighted by Gasteiger charge is 2.11. The van der Waals surface area contributed by atoms with Crippen molar-refractivity contribution < 1.29 is 4.79 Å². The Bertz CT molecular complexity index is 619. The van der Waals surface area contributed by atoms with Crippen molar-refractivity contribution in [3.63, 3.8) is 0 Å². The number of nitriles is 1. The Hall–Kier alpha value is -2.12. The molecule has 18 heavy (non-hydrogen) atoms. The number of nitrogens with zero attached hydrogens (tertiary/aromatic N) is 1. The number of halogens is 1. The SMILES string of the molecule is N#C/C(=C/c1ccc[nH]1)C(=O)c1ccc(Br)cc1. The molecule has 88 valence electrons. The van der Waals surface area contributed by atoms with E-state index in [1.807, 2.05) is 12.1 Å². The summed E-state index contributed by atoms with van der Waals surface area (Å²) in [6.45, 7) is 0. The zero-order valence-corrected chi connectivity index (χ0v) is 10.9.